The molecule has 4 aromatic rings. The standard InChI is InChI=1S/C23H17F4N5O3S/c24-9-14(10-25)31-36(33,34)17-12-29-22(30-13-17)21-19(11-28)18-7-6-16(35-23(26)27)8-20(18)32(21)15-4-2-1-3-5-15/h1-8,12-14,23,31H,9-10H2. The molecule has 2 aromatic heterocycles. The molecule has 2 aromatic carbocycles. The fourth-order valence-corrected chi connectivity index (χ4v) is 4.67. The molecular formula is C23H17F4N5O3S. The summed E-state index contributed by atoms with van der Waals surface area (Å²) in [5.41, 5.74) is 1.18. The smallest absolute Gasteiger partial charge is 0.387 e. The van der Waals surface area contributed by atoms with E-state index in [4.69, 9.17) is 0 Å². The van der Waals surface area contributed by atoms with Crippen molar-refractivity contribution in [1.29, 1.82) is 5.26 Å². The summed E-state index contributed by atoms with van der Waals surface area (Å²) in [5, 5.41) is 10.3. The van der Waals surface area contributed by atoms with Crippen LogP contribution in [-0.4, -0.2) is 49.0 Å². The van der Waals surface area contributed by atoms with Crippen LogP contribution >= 0.6 is 0 Å². The van der Waals surface area contributed by atoms with E-state index in [1.165, 1.54) is 18.2 Å². The predicted molar refractivity (Wildman–Crippen MR) is 122 cm³/mol. The van der Waals surface area contributed by atoms with Gasteiger partial charge in [0.1, 0.15) is 35.8 Å². The molecule has 0 saturated heterocycles. The van der Waals surface area contributed by atoms with E-state index in [0.29, 0.717) is 16.6 Å². The van der Waals surface area contributed by atoms with Gasteiger partial charge in [-0.15, -0.1) is 0 Å². The number of hydrogen-bond acceptors (Lipinski definition) is 6. The highest BCUT2D eigenvalue weighted by Gasteiger charge is 2.25. The van der Waals surface area contributed by atoms with Crippen molar-refractivity contribution >= 4 is 20.9 Å². The van der Waals surface area contributed by atoms with Gasteiger partial charge in [-0.05, 0) is 24.3 Å². The molecule has 0 saturated carbocycles. The van der Waals surface area contributed by atoms with E-state index in [0.717, 1.165) is 12.4 Å². The van der Waals surface area contributed by atoms with Crippen molar-refractivity contribution in [2.24, 2.45) is 0 Å². The predicted octanol–water partition coefficient (Wildman–Crippen LogP) is 4.15. The molecule has 4 rings (SSSR count). The molecule has 0 spiro atoms. The highest BCUT2D eigenvalue weighted by molar-refractivity contribution is 7.89. The maximum Gasteiger partial charge on any atom is 0.387 e. The summed E-state index contributed by atoms with van der Waals surface area (Å²) >= 11 is 0. The molecule has 0 atom stereocenters. The maximum absolute atomic E-state index is 12.8. The molecule has 0 bridgehead atoms. The molecule has 0 unspecified atom stereocenters. The quantitative estimate of drug-likeness (QED) is 0.333. The molecule has 186 valence electrons. The Morgan fingerprint density at radius 2 is 1.72 bits per heavy atom. The molecule has 2 heterocycles. The molecule has 0 aliphatic heterocycles. The van der Waals surface area contributed by atoms with Crippen LogP contribution in [0.1, 0.15) is 5.56 Å². The fraction of sp³-hybridized carbons (Fsp3) is 0.174. The molecule has 36 heavy (non-hydrogen) atoms. The minimum Gasteiger partial charge on any atom is -0.435 e. The monoisotopic (exact) mass is 519 g/mol. The number of rotatable bonds is 9. The number of alkyl halides is 4. The minimum atomic E-state index is -4.32. The lowest BCUT2D eigenvalue weighted by Crippen LogP contribution is -2.38. The zero-order valence-corrected chi connectivity index (χ0v) is 19.1. The van der Waals surface area contributed by atoms with Gasteiger partial charge in [0.25, 0.3) is 0 Å². The lowest BCUT2D eigenvalue weighted by atomic mass is 10.1. The van der Waals surface area contributed by atoms with Gasteiger partial charge in [0.05, 0.1) is 29.5 Å². The summed E-state index contributed by atoms with van der Waals surface area (Å²) < 4.78 is 84.1. The first-order valence-corrected chi connectivity index (χ1v) is 11.8. The van der Waals surface area contributed by atoms with E-state index in [1.54, 1.807) is 34.9 Å². The number of nitriles is 1. The molecule has 0 aliphatic carbocycles. The van der Waals surface area contributed by atoms with Gasteiger partial charge in [-0.3, -0.25) is 0 Å². The van der Waals surface area contributed by atoms with Crippen LogP contribution in [0, 0.1) is 11.3 Å². The van der Waals surface area contributed by atoms with Crippen molar-refractivity contribution in [2.45, 2.75) is 17.5 Å². The van der Waals surface area contributed by atoms with Gasteiger partial charge < -0.3 is 9.30 Å². The SMILES string of the molecule is N#Cc1c(-c2ncc(S(=O)(=O)NC(CF)CF)cn2)n(-c2ccccc2)c2cc(OC(F)F)ccc12. The van der Waals surface area contributed by atoms with Crippen molar-refractivity contribution in [1.82, 2.24) is 19.3 Å². The zero-order chi connectivity index (χ0) is 25.9. The van der Waals surface area contributed by atoms with Gasteiger partial charge in [0, 0.05) is 17.1 Å². The molecular weight excluding hydrogens is 502 g/mol. The third-order valence-electron chi connectivity index (χ3n) is 5.14. The Labute approximate surface area is 202 Å². The number of nitrogens with zero attached hydrogens (tertiary/aromatic N) is 4. The van der Waals surface area contributed by atoms with E-state index >= 15 is 0 Å². The van der Waals surface area contributed by atoms with E-state index in [9.17, 15) is 31.2 Å². The van der Waals surface area contributed by atoms with Crippen LogP contribution in [0.3, 0.4) is 0 Å². The average molecular weight is 519 g/mol. The van der Waals surface area contributed by atoms with Crippen LogP contribution < -0.4 is 9.46 Å². The first kappa shape index (κ1) is 25.1. The van der Waals surface area contributed by atoms with Gasteiger partial charge in [-0.25, -0.2) is 31.9 Å². The number of ether oxygens (including phenoxy) is 1. The van der Waals surface area contributed by atoms with Crippen LogP contribution in [0.5, 0.6) is 5.75 Å². The molecule has 13 heteroatoms. The van der Waals surface area contributed by atoms with Crippen molar-refractivity contribution in [3.05, 3.63) is 66.5 Å². The molecule has 0 fully saturated rings. The molecule has 0 amide bonds. The Balaban J connectivity index is 1.90. The summed E-state index contributed by atoms with van der Waals surface area (Å²) in [6, 6.07) is 13.2. The lowest BCUT2D eigenvalue weighted by molar-refractivity contribution is -0.0497. The Morgan fingerprint density at radius 3 is 2.31 bits per heavy atom. The van der Waals surface area contributed by atoms with Crippen LogP contribution in [0.25, 0.3) is 28.1 Å². The van der Waals surface area contributed by atoms with Crippen LogP contribution in [-0.2, 0) is 10.0 Å². The average Bonchev–Trinajstić information content (AvgIpc) is 3.21. The van der Waals surface area contributed by atoms with Gasteiger partial charge >= 0.3 is 6.61 Å². The number of halogens is 4. The van der Waals surface area contributed by atoms with E-state index in [1.807, 2.05) is 4.72 Å². The fourth-order valence-electron chi connectivity index (χ4n) is 3.58. The zero-order valence-electron chi connectivity index (χ0n) is 18.3. The van der Waals surface area contributed by atoms with Gasteiger partial charge in [0.2, 0.25) is 10.0 Å². The van der Waals surface area contributed by atoms with E-state index in [-0.39, 0.29) is 22.8 Å². The summed E-state index contributed by atoms with van der Waals surface area (Å²) in [6.07, 6.45) is 1.88. The summed E-state index contributed by atoms with van der Waals surface area (Å²) in [5.74, 6) is -0.179. The third-order valence-corrected chi connectivity index (χ3v) is 6.61. The Morgan fingerprint density at radius 1 is 1.06 bits per heavy atom. The Bertz CT molecular complexity index is 1520. The maximum atomic E-state index is 12.8. The molecule has 8 nitrogen and oxygen atoms in total. The van der Waals surface area contributed by atoms with Crippen LogP contribution in [0.15, 0.2) is 65.8 Å². The minimum absolute atomic E-state index is 0.0468. The summed E-state index contributed by atoms with van der Waals surface area (Å²) in [6.45, 7) is -5.54. The number of fused-ring (bicyclic) bond motifs is 1. The van der Waals surface area contributed by atoms with Crippen molar-refractivity contribution in [3.63, 3.8) is 0 Å². The Kier molecular flexibility index (Phi) is 7.18. The number of hydrogen-bond donors (Lipinski definition) is 1. The summed E-state index contributed by atoms with van der Waals surface area (Å²) in [7, 11) is -4.32. The van der Waals surface area contributed by atoms with Gasteiger partial charge in [-0.1, -0.05) is 18.2 Å². The number of para-hydroxylation sites is 1. The van der Waals surface area contributed by atoms with Crippen molar-refractivity contribution in [2.75, 3.05) is 13.3 Å². The molecule has 0 aliphatic rings. The normalized spacial score (nSPS) is 11.8. The largest absolute Gasteiger partial charge is 0.435 e. The van der Waals surface area contributed by atoms with E-state index in [2.05, 4.69) is 20.8 Å². The number of benzene rings is 2. The number of sulfonamides is 1. The number of aromatic nitrogens is 3. The third kappa shape index (κ3) is 4.86. The topological polar surface area (TPSA) is 110 Å². The number of nitrogens with one attached hydrogen (secondary N) is 1. The van der Waals surface area contributed by atoms with E-state index < -0.39 is 40.9 Å². The first-order valence-electron chi connectivity index (χ1n) is 10.3. The summed E-state index contributed by atoms with van der Waals surface area (Å²) in [4.78, 5) is 7.75. The second kappa shape index (κ2) is 10.3. The highest BCUT2D eigenvalue weighted by Crippen LogP contribution is 2.36. The van der Waals surface area contributed by atoms with Crippen LogP contribution in [0.4, 0.5) is 17.6 Å². The van der Waals surface area contributed by atoms with Crippen LogP contribution in [0.2, 0.25) is 0 Å². The second-order valence-corrected chi connectivity index (χ2v) is 9.15. The highest BCUT2D eigenvalue weighted by atomic mass is 32.2. The van der Waals surface area contributed by atoms with Gasteiger partial charge in [-0.2, -0.15) is 14.0 Å². The van der Waals surface area contributed by atoms with Gasteiger partial charge in [0.15, 0.2) is 5.82 Å². The second-order valence-electron chi connectivity index (χ2n) is 7.43. The first-order chi connectivity index (χ1) is 17.3. The van der Waals surface area contributed by atoms with Crippen molar-refractivity contribution < 1.29 is 30.7 Å². The molecule has 0 radical (unpaired) electrons. The molecule has 1 N–H and O–H groups in total. The Hall–Kier alpha value is -4.02. The van der Waals surface area contributed by atoms with Crippen molar-refractivity contribution in [3.8, 4) is 29.0 Å². The lowest BCUT2D eigenvalue weighted by Gasteiger charge is -2.13.